The van der Waals surface area contributed by atoms with Gasteiger partial charge in [-0.1, -0.05) is 55.3 Å². The Labute approximate surface area is 177 Å². The van der Waals surface area contributed by atoms with Crippen LogP contribution in [0.3, 0.4) is 0 Å². The van der Waals surface area contributed by atoms with Crippen molar-refractivity contribution in [2.45, 2.75) is 25.7 Å². The van der Waals surface area contributed by atoms with E-state index in [1.165, 1.54) is 12.8 Å². The molecule has 154 valence electrons. The van der Waals surface area contributed by atoms with Crippen LogP contribution in [0.15, 0.2) is 66.7 Å². The predicted molar refractivity (Wildman–Crippen MR) is 122 cm³/mol. The predicted octanol–water partition coefficient (Wildman–Crippen LogP) is 4.91. The quantitative estimate of drug-likeness (QED) is 0.639. The molecule has 3 aromatic carbocycles. The van der Waals surface area contributed by atoms with Crippen molar-refractivity contribution in [1.29, 1.82) is 0 Å². The minimum Gasteiger partial charge on any atom is -0.376 e. The number of nitrogens with one attached hydrogen (secondary N) is 2. The third-order valence-electron chi connectivity index (χ3n) is 5.52. The van der Waals surface area contributed by atoms with Gasteiger partial charge in [-0.25, -0.2) is 0 Å². The number of benzene rings is 3. The summed E-state index contributed by atoms with van der Waals surface area (Å²) in [6, 6.07) is 21.2. The Morgan fingerprint density at radius 3 is 2.40 bits per heavy atom. The zero-order chi connectivity index (χ0) is 20.8. The first-order valence-electron chi connectivity index (χ1n) is 10.6. The molecule has 0 saturated carbocycles. The number of anilines is 2. The van der Waals surface area contributed by atoms with Crippen LogP contribution in [-0.2, 0) is 4.79 Å². The van der Waals surface area contributed by atoms with Crippen molar-refractivity contribution in [2.24, 2.45) is 0 Å². The van der Waals surface area contributed by atoms with Gasteiger partial charge >= 0.3 is 0 Å². The average molecular weight is 402 g/mol. The van der Waals surface area contributed by atoms with Gasteiger partial charge < -0.3 is 15.5 Å². The molecule has 30 heavy (non-hydrogen) atoms. The highest BCUT2D eigenvalue weighted by Gasteiger charge is 2.17. The van der Waals surface area contributed by atoms with E-state index in [0.29, 0.717) is 5.56 Å². The van der Waals surface area contributed by atoms with Gasteiger partial charge in [0.25, 0.3) is 5.91 Å². The van der Waals surface area contributed by atoms with Crippen LogP contribution in [0.5, 0.6) is 0 Å². The van der Waals surface area contributed by atoms with Crippen molar-refractivity contribution in [1.82, 2.24) is 4.90 Å². The summed E-state index contributed by atoms with van der Waals surface area (Å²) in [7, 11) is 0. The Morgan fingerprint density at radius 2 is 1.57 bits per heavy atom. The molecule has 0 bridgehead atoms. The SMILES string of the molecule is O=C(CNc1cccc(C(=O)N2CCCCCC2)c1)Nc1cccc2ccccc12. The number of hydrogen-bond donors (Lipinski definition) is 2. The van der Waals surface area contributed by atoms with Crippen molar-refractivity contribution < 1.29 is 9.59 Å². The van der Waals surface area contributed by atoms with Crippen LogP contribution in [0.25, 0.3) is 10.8 Å². The molecule has 5 nitrogen and oxygen atoms in total. The van der Waals surface area contributed by atoms with Gasteiger partial charge in [0.15, 0.2) is 0 Å². The lowest BCUT2D eigenvalue weighted by Gasteiger charge is -2.20. The first-order chi connectivity index (χ1) is 14.7. The van der Waals surface area contributed by atoms with Gasteiger partial charge in [0, 0.05) is 35.4 Å². The summed E-state index contributed by atoms with van der Waals surface area (Å²) in [5.41, 5.74) is 2.23. The standard InChI is InChI=1S/C25H27N3O2/c29-24(27-23-14-8-10-19-9-3-4-13-22(19)23)18-26-21-12-7-11-20(17-21)25(30)28-15-5-1-2-6-16-28/h3-4,7-14,17,26H,1-2,5-6,15-16,18H2,(H,27,29). The topological polar surface area (TPSA) is 61.4 Å². The molecular weight excluding hydrogens is 374 g/mol. The van der Waals surface area contributed by atoms with E-state index in [4.69, 9.17) is 0 Å². The Bertz CT molecular complexity index is 1030. The Morgan fingerprint density at radius 1 is 0.833 bits per heavy atom. The number of carbonyl (C=O) groups excluding carboxylic acids is 2. The van der Waals surface area contributed by atoms with E-state index in [9.17, 15) is 9.59 Å². The lowest BCUT2D eigenvalue weighted by Crippen LogP contribution is -2.31. The Kier molecular flexibility index (Phi) is 6.28. The Hall–Kier alpha value is -3.34. The highest BCUT2D eigenvalue weighted by molar-refractivity contribution is 6.03. The van der Waals surface area contributed by atoms with E-state index in [1.54, 1.807) is 0 Å². The first-order valence-corrected chi connectivity index (χ1v) is 10.6. The van der Waals surface area contributed by atoms with Crippen molar-refractivity contribution in [3.63, 3.8) is 0 Å². The van der Waals surface area contributed by atoms with Crippen LogP contribution in [0.4, 0.5) is 11.4 Å². The molecule has 0 aliphatic carbocycles. The zero-order valence-corrected chi connectivity index (χ0v) is 17.1. The summed E-state index contributed by atoms with van der Waals surface area (Å²) >= 11 is 0. The van der Waals surface area contributed by atoms with Gasteiger partial charge in [0.2, 0.25) is 5.91 Å². The molecule has 0 spiro atoms. The van der Waals surface area contributed by atoms with Crippen LogP contribution in [0, 0.1) is 0 Å². The molecule has 1 heterocycles. The van der Waals surface area contributed by atoms with E-state index in [2.05, 4.69) is 10.6 Å². The summed E-state index contributed by atoms with van der Waals surface area (Å²) in [6.45, 7) is 1.78. The number of rotatable bonds is 5. The second-order valence-electron chi connectivity index (χ2n) is 7.72. The molecule has 0 unspecified atom stereocenters. The lowest BCUT2D eigenvalue weighted by atomic mass is 10.1. The van der Waals surface area contributed by atoms with Gasteiger partial charge in [0.05, 0.1) is 6.54 Å². The minimum absolute atomic E-state index is 0.0701. The number of amides is 2. The third kappa shape index (κ3) is 4.79. The van der Waals surface area contributed by atoms with Gasteiger partial charge in [-0.05, 0) is 42.5 Å². The Balaban J connectivity index is 1.38. The molecule has 0 radical (unpaired) electrons. The second kappa shape index (κ2) is 9.44. The fraction of sp³-hybridized carbons (Fsp3) is 0.280. The van der Waals surface area contributed by atoms with Crippen molar-refractivity contribution >= 4 is 34.0 Å². The van der Waals surface area contributed by atoms with E-state index in [0.717, 1.165) is 48.1 Å². The monoisotopic (exact) mass is 401 g/mol. The van der Waals surface area contributed by atoms with E-state index in [-0.39, 0.29) is 18.4 Å². The molecule has 2 N–H and O–H groups in total. The molecule has 1 aliphatic heterocycles. The summed E-state index contributed by atoms with van der Waals surface area (Å²) in [5.74, 6) is -0.0589. The molecule has 0 atom stereocenters. The maximum absolute atomic E-state index is 12.8. The lowest BCUT2D eigenvalue weighted by molar-refractivity contribution is -0.114. The molecule has 4 rings (SSSR count). The highest BCUT2D eigenvalue weighted by atomic mass is 16.2. The number of nitrogens with zero attached hydrogens (tertiary/aromatic N) is 1. The largest absolute Gasteiger partial charge is 0.376 e. The minimum atomic E-state index is -0.129. The maximum atomic E-state index is 12.8. The van der Waals surface area contributed by atoms with Gasteiger partial charge in [-0.2, -0.15) is 0 Å². The molecule has 0 aromatic heterocycles. The number of hydrogen-bond acceptors (Lipinski definition) is 3. The summed E-state index contributed by atoms with van der Waals surface area (Å²) < 4.78 is 0. The molecule has 1 saturated heterocycles. The molecule has 1 fully saturated rings. The van der Waals surface area contributed by atoms with E-state index < -0.39 is 0 Å². The highest BCUT2D eigenvalue weighted by Crippen LogP contribution is 2.23. The first kappa shape index (κ1) is 20.0. The second-order valence-corrected chi connectivity index (χ2v) is 7.72. The smallest absolute Gasteiger partial charge is 0.253 e. The van der Waals surface area contributed by atoms with Crippen LogP contribution < -0.4 is 10.6 Å². The van der Waals surface area contributed by atoms with Crippen molar-refractivity contribution in [3.8, 4) is 0 Å². The number of likely N-dealkylation sites (tertiary alicyclic amines) is 1. The molecular formula is C25H27N3O2. The fourth-order valence-electron chi connectivity index (χ4n) is 3.93. The third-order valence-corrected chi connectivity index (χ3v) is 5.52. The maximum Gasteiger partial charge on any atom is 0.253 e. The van der Waals surface area contributed by atoms with Crippen molar-refractivity contribution in [3.05, 3.63) is 72.3 Å². The van der Waals surface area contributed by atoms with Crippen LogP contribution >= 0.6 is 0 Å². The normalized spacial score (nSPS) is 14.2. The zero-order valence-electron chi connectivity index (χ0n) is 17.1. The summed E-state index contributed by atoms with van der Waals surface area (Å²) in [5, 5.41) is 8.21. The van der Waals surface area contributed by atoms with Crippen molar-refractivity contribution in [2.75, 3.05) is 30.3 Å². The summed E-state index contributed by atoms with van der Waals surface area (Å²) in [4.78, 5) is 27.3. The molecule has 2 amide bonds. The van der Waals surface area contributed by atoms with E-state index >= 15 is 0 Å². The van der Waals surface area contributed by atoms with Gasteiger partial charge in [-0.15, -0.1) is 0 Å². The average Bonchev–Trinajstić information content (AvgIpc) is 3.07. The van der Waals surface area contributed by atoms with Crippen LogP contribution in [-0.4, -0.2) is 36.3 Å². The van der Waals surface area contributed by atoms with Crippen LogP contribution in [0.1, 0.15) is 36.0 Å². The van der Waals surface area contributed by atoms with Crippen LogP contribution in [0.2, 0.25) is 0 Å². The fourth-order valence-corrected chi connectivity index (χ4v) is 3.93. The molecule has 1 aliphatic rings. The summed E-state index contributed by atoms with van der Waals surface area (Å²) in [6.07, 6.45) is 4.52. The molecule has 3 aromatic rings. The number of fused-ring (bicyclic) bond motifs is 1. The van der Waals surface area contributed by atoms with Gasteiger partial charge in [0.1, 0.15) is 0 Å². The van der Waals surface area contributed by atoms with E-state index in [1.807, 2.05) is 71.6 Å². The molecule has 5 heteroatoms. The number of carbonyl (C=O) groups is 2. The van der Waals surface area contributed by atoms with Gasteiger partial charge in [-0.3, -0.25) is 9.59 Å².